The third-order valence-corrected chi connectivity index (χ3v) is 3.92. The van der Waals surface area contributed by atoms with Gasteiger partial charge in [-0.2, -0.15) is 0 Å². The molecule has 22 heavy (non-hydrogen) atoms. The minimum Gasteiger partial charge on any atom is -0.465 e. The van der Waals surface area contributed by atoms with Crippen LogP contribution < -0.4 is 5.32 Å². The summed E-state index contributed by atoms with van der Waals surface area (Å²) in [5.74, 6) is -0.0597. The second-order valence-corrected chi connectivity index (χ2v) is 5.63. The van der Waals surface area contributed by atoms with E-state index >= 15 is 0 Å². The Labute approximate surface area is 129 Å². The fourth-order valence-electron chi connectivity index (χ4n) is 2.78. The van der Waals surface area contributed by atoms with Crippen molar-refractivity contribution >= 4 is 17.3 Å². The van der Waals surface area contributed by atoms with Crippen molar-refractivity contribution in [2.45, 2.75) is 12.8 Å². The Hall–Kier alpha value is -2.15. The summed E-state index contributed by atoms with van der Waals surface area (Å²) >= 11 is 0. The van der Waals surface area contributed by atoms with Crippen molar-refractivity contribution in [3.8, 4) is 0 Å². The van der Waals surface area contributed by atoms with Crippen LogP contribution in [0, 0.1) is 16.0 Å². The van der Waals surface area contributed by atoms with E-state index in [0.717, 1.165) is 25.9 Å². The van der Waals surface area contributed by atoms with E-state index in [9.17, 15) is 14.9 Å². The highest BCUT2D eigenvalue weighted by molar-refractivity contribution is 5.91. The lowest BCUT2D eigenvalue weighted by atomic mass is 9.98. The number of piperidine rings is 1. The molecule has 0 saturated carbocycles. The number of rotatable bonds is 5. The van der Waals surface area contributed by atoms with Crippen LogP contribution in [0.15, 0.2) is 18.2 Å². The van der Waals surface area contributed by atoms with Gasteiger partial charge in [0.15, 0.2) is 0 Å². The number of ether oxygens (including phenoxy) is 1. The molecule has 0 aliphatic carbocycles. The number of carbonyl (C=O) groups is 1. The lowest BCUT2D eigenvalue weighted by molar-refractivity contribution is -0.384. The SMILES string of the molecule is COC(=O)c1ccc([N+](=O)[O-])c(NC[C@@H]2CCCN(C)C2)c1. The van der Waals surface area contributed by atoms with Crippen molar-refractivity contribution in [3.63, 3.8) is 0 Å². The van der Waals surface area contributed by atoms with E-state index in [0.29, 0.717) is 23.7 Å². The van der Waals surface area contributed by atoms with E-state index in [1.165, 1.54) is 25.3 Å². The fourth-order valence-corrected chi connectivity index (χ4v) is 2.78. The molecular weight excluding hydrogens is 286 g/mol. The minimum absolute atomic E-state index is 0.0307. The molecular formula is C15H21N3O4. The molecule has 120 valence electrons. The summed E-state index contributed by atoms with van der Waals surface area (Å²) in [7, 11) is 3.36. The number of esters is 1. The highest BCUT2D eigenvalue weighted by atomic mass is 16.6. The van der Waals surface area contributed by atoms with Crippen LogP contribution in [0.1, 0.15) is 23.2 Å². The van der Waals surface area contributed by atoms with Crippen molar-refractivity contribution in [2.24, 2.45) is 5.92 Å². The number of anilines is 1. The molecule has 0 unspecified atom stereocenters. The van der Waals surface area contributed by atoms with Crippen molar-refractivity contribution in [3.05, 3.63) is 33.9 Å². The van der Waals surface area contributed by atoms with E-state index in [1.54, 1.807) is 0 Å². The van der Waals surface area contributed by atoms with Gasteiger partial charge in [0.25, 0.3) is 5.69 Å². The van der Waals surface area contributed by atoms with Crippen LogP contribution in [0.4, 0.5) is 11.4 Å². The van der Waals surface area contributed by atoms with Crippen molar-refractivity contribution in [1.29, 1.82) is 0 Å². The van der Waals surface area contributed by atoms with Crippen molar-refractivity contribution in [2.75, 3.05) is 39.1 Å². The number of hydrogen-bond acceptors (Lipinski definition) is 6. The zero-order chi connectivity index (χ0) is 16.1. The fraction of sp³-hybridized carbons (Fsp3) is 0.533. The lowest BCUT2D eigenvalue weighted by Crippen LogP contribution is -2.35. The van der Waals surface area contributed by atoms with Gasteiger partial charge in [0, 0.05) is 19.2 Å². The summed E-state index contributed by atoms with van der Waals surface area (Å²) in [4.78, 5) is 24.5. The molecule has 0 spiro atoms. The third kappa shape index (κ3) is 3.94. The van der Waals surface area contributed by atoms with Crippen LogP contribution in [0.2, 0.25) is 0 Å². The highest BCUT2D eigenvalue weighted by Crippen LogP contribution is 2.27. The van der Waals surface area contributed by atoms with E-state index in [4.69, 9.17) is 0 Å². The third-order valence-electron chi connectivity index (χ3n) is 3.92. The Morgan fingerprint density at radius 2 is 2.32 bits per heavy atom. The monoisotopic (exact) mass is 307 g/mol. The van der Waals surface area contributed by atoms with Gasteiger partial charge < -0.3 is 15.0 Å². The molecule has 1 aliphatic heterocycles. The molecule has 1 aromatic rings. The molecule has 1 aromatic carbocycles. The molecule has 7 heteroatoms. The zero-order valence-electron chi connectivity index (χ0n) is 12.9. The maximum absolute atomic E-state index is 11.6. The topological polar surface area (TPSA) is 84.7 Å². The molecule has 1 fully saturated rings. The highest BCUT2D eigenvalue weighted by Gasteiger charge is 2.20. The van der Waals surface area contributed by atoms with Crippen LogP contribution in [0.5, 0.6) is 0 Å². The maximum atomic E-state index is 11.6. The first-order chi connectivity index (χ1) is 10.5. The largest absolute Gasteiger partial charge is 0.465 e. The Morgan fingerprint density at radius 3 is 2.95 bits per heavy atom. The summed E-state index contributed by atoms with van der Waals surface area (Å²) in [5, 5.41) is 14.2. The molecule has 1 N–H and O–H groups in total. The number of hydrogen-bond donors (Lipinski definition) is 1. The Balaban J connectivity index is 2.12. The second kappa shape index (κ2) is 7.22. The van der Waals surface area contributed by atoms with Crippen molar-refractivity contribution < 1.29 is 14.5 Å². The molecule has 1 atom stereocenters. The van der Waals surface area contributed by atoms with Gasteiger partial charge in [0.1, 0.15) is 5.69 Å². The van der Waals surface area contributed by atoms with E-state index in [-0.39, 0.29) is 5.69 Å². The number of nitrogens with zero attached hydrogens (tertiary/aromatic N) is 2. The van der Waals surface area contributed by atoms with Gasteiger partial charge in [-0.25, -0.2) is 4.79 Å². The predicted octanol–water partition coefficient (Wildman–Crippen LogP) is 2.14. The number of methoxy groups -OCH3 is 1. The molecule has 1 aliphatic rings. The summed E-state index contributed by atoms with van der Waals surface area (Å²) in [5.41, 5.74) is 0.634. The number of benzene rings is 1. The molecule has 0 amide bonds. The summed E-state index contributed by atoms with van der Waals surface area (Å²) in [6.07, 6.45) is 2.23. The van der Waals surface area contributed by atoms with Gasteiger partial charge >= 0.3 is 5.97 Å². The summed E-state index contributed by atoms with van der Waals surface area (Å²) < 4.78 is 4.66. The van der Waals surface area contributed by atoms with Gasteiger partial charge in [-0.15, -0.1) is 0 Å². The van der Waals surface area contributed by atoms with E-state index in [1.807, 2.05) is 0 Å². The summed E-state index contributed by atoms with van der Waals surface area (Å²) in [6.45, 7) is 2.71. The number of nitro groups is 1. The lowest BCUT2D eigenvalue weighted by Gasteiger charge is -2.29. The summed E-state index contributed by atoms with van der Waals surface area (Å²) in [6, 6.07) is 4.22. The first kappa shape index (κ1) is 16.2. The Bertz CT molecular complexity index is 562. The average molecular weight is 307 g/mol. The standard InChI is InChI=1S/C15H21N3O4/c1-17-7-3-4-11(10-17)9-16-13-8-12(15(19)22-2)5-6-14(13)18(20)21/h5-6,8,11,16H,3-4,7,9-10H2,1-2H3/t11-/m0/s1. The van der Waals surface area contributed by atoms with E-state index in [2.05, 4.69) is 22.0 Å². The predicted molar refractivity (Wildman–Crippen MR) is 83.1 cm³/mol. The molecule has 2 rings (SSSR count). The Kier molecular flexibility index (Phi) is 5.32. The molecule has 7 nitrogen and oxygen atoms in total. The van der Waals surface area contributed by atoms with Crippen LogP contribution >= 0.6 is 0 Å². The molecule has 0 aromatic heterocycles. The molecule has 0 bridgehead atoms. The van der Waals surface area contributed by atoms with Gasteiger partial charge in [0.05, 0.1) is 17.6 Å². The van der Waals surface area contributed by atoms with Crippen LogP contribution in [0.25, 0.3) is 0 Å². The quantitative estimate of drug-likeness (QED) is 0.509. The van der Waals surface area contributed by atoms with E-state index < -0.39 is 10.9 Å². The molecule has 0 radical (unpaired) electrons. The number of likely N-dealkylation sites (tertiary alicyclic amines) is 1. The maximum Gasteiger partial charge on any atom is 0.337 e. The first-order valence-electron chi connectivity index (χ1n) is 7.30. The number of nitrogens with one attached hydrogen (secondary N) is 1. The number of nitro benzene ring substituents is 1. The second-order valence-electron chi connectivity index (χ2n) is 5.63. The van der Waals surface area contributed by atoms with Gasteiger partial charge in [-0.3, -0.25) is 10.1 Å². The van der Waals surface area contributed by atoms with Crippen LogP contribution in [-0.4, -0.2) is 49.6 Å². The average Bonchev–Trinajstić information content (AvgIpc) is 2.51. The van der Waals surface area contributed by atoms with Crippen LogP contribution in [-0.2, 0) is 4.74 Å². The smallest absolute Gasteiger partial charge is 0.337 e. The van der Waals surface area contributed by atoms with Crippen LogP contribution in [0.3, 0.4) is 0 Å². The van der Waals surface area contributed by atoms with Gasteiger partial charge in [-0.1, -0.05) is 0 Å². The Morgan fingerprint density at radius 1 is 1.55 bits per heavy atom. The zero-order valence-corrected chi connectivity index (χ0v) is 12.9. The molecule has 1 heterocycles. The molecule has 1 saturated heterocycles. The van der Waals surface area contributed by atoms with Gasteiger partial charge in [0.2, 0.25) is 0 Å². The van der Waals surface area contributed by atoms with Crippen molar-refractivity contribution in [1.82, 2.24) is 4.90 Å². The minimum atomic E-state index is -0.504. The normalized spacial score (nSPS) is 18.7. The number of carbonyl (C=O) groups excluding carboxylic acids is 1. The van der Waals surface area contributed by atoms with Gasteiger partial charge in [-0.05, 0) is 44.5 Å². The first-order valence-corrected chi connectivity index (χ1v) is 7.30.